The Kier molecular flexibility index (Phi) is 3.45. The third-order valence-corrected chi connectivity index (χ3v) is 7.90. The molecule has 5 rings (SSSR count). The summed E-state index contributed by atoms with van der Waals surface area (Å²) in [7, 11) is 2.27. The molecule has 5 fully saturated rings. The molecule has 1 nitrogen and oxygen atoms in total. The van der Waals surface area contributed by atoms with Crippen LogP contribution in [-0.2, 0) is 0 Å². The van der Waals surface area contributed by atoms with Gasteiger partial charge >= 0.3 is 0 Å². The minimum Gasteiger partial charge on any atom is -0.316 e. The van der Waals surface area contributed by atoms with Crippen LogP contribution in [0.2, 0.25) is 0 Å². The first-order valence-electron chi connectivity index (χ1n) is 9.69. The second-order valence-corrected chi connectivity index (χ2v) is 9.92. The Balaban J connectivity index is 1.58. The van der Waals surface area contributed by atoms with Crippen LogP contribution in [0.3, 0.4) is 0 Å². The summed E-state index contributed by atoms with van der Waals surface area (Å²) in [5.74, 6) is 4.07. The molecule has 21 heavy (non-hydrogen) atoms. The fourth-order valence-corrected chi connectivity index (χ4v) is 7.82. The Hall–Kier alpha value is -0.0400. The quantitative estimate of drug-likeness (QED) is 0.770. The van der Waals surface area contributed by atoms with Crippen molar-refractivity contribution in [1.29, 1.82) is 0 Å². The van der Waals surface area contributed by atoms with Gasteiger partial charge in [0.2, 0.25) is 0 Å². The molecule has 4 bridgehead atoms. The fourth-order valence-electron chi connectivity index (χ4n) is 7.82. The van der Waals surface area contributed by atoms with Gasteiger partial charge in [-0.25, -0.2) is 0 Å². The third-order valence-electron chi connectivity index (χ3n) is 7.90. The van der Waals surface area contributed by atoms with Gasteiger partial charge in [0, 0.05) is 6.04 Å². The molecule has 1 N–H and O–H groups in total. The molecule has 0 spiro atoms. The highest BCUT2D eigenvalue weighted by Crippen LogP contribution is 2.67. The van der Waals surface area contributed by atoms with E-state index in [1.807, 2.05) is 0 Å². The highest BCUT2D eigenvalue weighted by Gasteiger charge is 2.59. The predicted molar refractivity (Wildman–Crippen MR) is 89.2 cm³/mol. The summed E-state index contributed by atoms with van der Waals surface area (Å²) in [5, 5.41) is 3.86. The smallest absolute Gasteiger partial charge is 0.0149 e. The van der Waals surface area contributed by atoms with Crippen molar-refractivity contribution in [1.82, 2.24) is 5.32 Å². The van der Waals surface area contributed by atoms with Gasteiger partial charge in [-0.3, -0.25) is 0 Å². The van der Waals surface area contributed by atoms with Crippen LogP contribution in [0, 0.1) is 34.5 Å². The van der Waals surface area contributed by atoms with Crippen LogP contribution in [0.4, 0.5) is 0 Å². The predicted octanol–water partition coefficient (Wildman–Crippen LogP) is 5.01. The molecule has 5 saturated carbocycles. The van der Waals surface area contributed by atoms with E-state index < -0.39 is 0 Å². The summed E-state index contributed by atoms with van der Waals surface area (Å²) in [6.45, 7) is 5.07. The first-order valence-corrected chi connectivity index (χ1v) is 9.69. The maximum Gasteiger partial charge on any atom is 0.0149 e. The van der Waals surface area contributed by atoms with Crippen molar-refractivity contribution < 1.29 is 0 Å². The van der Waals surface area contributed by atoms with E-state index in [1.54, 1.807) is 32.1 Å². The average Bonchev–Trinajstić information content (AvgIpc) is 2.38. The molecule has 120 valence electrons. The topological polar surface area (TPSA) is 12.0 Å². The van der Waals surface area contributed by atoms with E-state index >= 15 is 0 Å². The standard InChI is InChI=1S/C20H35N/c1-14-4-6-17(7-5-14)18(21-3)20-11-15-8-16(12-20)10-19(2,9-15)13-20/h14-18,21H,4-13H2,1-3H3. The molecule has 5 aliphatic rings. The second-order valence-electron chi connectivity index (χ2n) is 9.92. The SMILES string of the molecule is CNC(C1CCC(C)CC1)C12CC3CC(CC(C)(C3)C1)C2. The number of hydrogen-bond acceptors (Lipinski definition) is 1. The van der Waals surface area contributed by atoms with Gasteiger partial charge in [-0.1, -0.05) is 26.7 Å². The van der Waals surface area contributed by atoms with Crippen molar-refractivity contribution in [3.63, 3.8) is 0 Å². The van der Waals surface area contributed by atoms with Crippen LogP contribution in [-0.4, -0.2) is 13.1 Å². The van der Waals surface area contributed by atoms with Crippen LogP contribution in [0.1, 0.15) is 78.1 Å². The summed E-state index contributed by atoms with van der Waals surface area (Å²) in [4.78, 5) is 0. The van der Waals surface area contributed by atoms with Gasteiger partial charge in [0.25, 0.3) is 0 Å². The lowest BCUT2D eigenvalue weighted by atomic mass is 9.42. The minimum atomic E-state index is 0.666. The molecule has 5 aliphatic carbocycles. The van der Waals surface area contributed by atoms with Gasteiger partial charge in [0.05, 0.1) is 0 Å². The lowest BCUT2D eigenvalue weighted by molar-refractivity contribution is -0.127. The van der Waals surface area contributed by atoms with Gasteiger partial charge in [0.1, 0.15) is 0 Å². The van der Waals surface area contributed by atoms with E-state index in [-0.39, 0.29) is 0 Å². The maximum atomic E-state index is 3.86. The zero-order valence-electron chi connectivity index (χ0n) is 14.5. The molecular weight excluding hydrogens is 254 g/mol. The van der Waals surface area contributed by atoms with Crippen molar-refractivity contribution in [3.05, 3.63) is 0 Å². The molecule has 3 atom stereocenters. The maximum absolute atomic E-state index is 3.86. The molecule has 1 heteroatoms. The second kappa shape index (κ2) is 4.98. The zero-order valence-corrected chi connectivity index (χ0v) is 14.5. The van der Waals surface area contributed by atoms with Crippen LogP contribution >= 0.6 is 0 Å². The summed E-state index contributed by atoms with van der Waals surface area (Å²) in [5.41, 5.74) is 1.36. The first-order chi connectivity index (χ1) is 10.0. The Morgan fingerprint density at radius 3 is 2.10 bits per heavy atom. The van der Waals surface area contributed by atoms with Crippen molar-refractivity contribution in [3.8, 4) is 0 Å². The molecule has 0 aliphatic heterocycles. The molecule has 0 amide bonds. The van der Waals surface area contributed by atoms with Crippen LogP contribution in [0.15, 0.2) is 0 Å². The van der Waals surface area contributed by atoms with E-state index in [4.69, 9.17) is 0 Å². The Morgan fingerprint density at radius 1 is 0.952 bits per heavy atom. The van der Waals surface area contributed by atoms with Gasteiger partial charge in [-0.15, -0.1) is 0 Å². The minimum absolute atomic E-state index is 0.666. The Morgan fingerprint density at radius 2 is 1.57 bits per heavy atom. The molecule has 0 saturated heterocycles. The zero-order chi connectivity index (χ0) is 14.7. The van der Waals surface area contributed by atoms with E-state index in [2.05, 4.69) is 26.2 Å². The summed E-state index contributed by atoms with van der Waals surface area (Å²) >= 11 is 0. The molecular formula is C20H35N. The van der Waals surface area contributed by atoms with Gasteiger partial charge in [-0.2, -0.15) is 0 Å². The highest BCUT2D eigenvalue weighted by atomic mass is 14.9. The van der Waals surface area contributed by atoms with Gasteiger partial charge in [0.15, 0.2) is 0 Å². The summed E-state index contributed by atoms with van der Waals surface area (Å²) < 4.78 is 0. The molecule has 0 heterocycles. The first kappa shape index (κ1) is 14.5. The number of nitrogens with one attached hydrogen (secondary N) is 1. The molecule has 0 aromatic heterocycles. The lowest BCUT2D eigenvalue weighted by Crippen LogP contribution is -2.60. The Labute approximate surface area is 131 Å². The van der Waals surface area contributed by atoms with Crippen LogP contribution < -0.4 is 5.32 Å². The van der Waals surface area contributed by atoms with Crippen molar-refractivity contribution in [2.75, 3.05) is 7.05 Å². The fraction of sp³-hybridized carbons (Fsp3) is 1.00. The van der Waals surface area contributed by atoms with Crippen molar-refractivity contribution >= 4 is 0 Å². The number of rotatable bonds is 3. The largest absolute Gasteiger partial charge is 0.316 e. The van der Waals surface area contributed by atoms with Crippen molar-refractivity contribution in [2.24, 2.45) is 34.5 Å². The number of hydrogen-bond donors (Lipinski definition) is 1. The van der Waals surface area contributed by atoms with E-state index in [9.17, 15) is 0 Å². The molecule has 0 aromatic rings. The summed E-state index contributed by atoms with van der Waals surface area (Å²) in [6, 6.07) is 0.815. The van der Waals surface area contributed by atoms with Crippen LogP contribution in [0.5, 0.6) is 0 Å². The Bertz CT molecular complexity index is 379. The molecule has 3 unspecified atom stereocenters. The van der Waals surface area contributed by atoms with Crippen molar-refractivity contribution in [2.45, 2.75) is 84.1 Å². The highest BCUT2D eigenvalue weighted by molar-refractivity contribution is 5.11. The lowest BCUT2D eigenvalue weighted by Gasteiger charge is -2.64. The summed E-state index contributed by atoms with van der Waals surface area (Å²) in [6.07, 6.45) is 15.2. The van der Waals surface area contributed by atoms with Gasteiger partial charge in [-0.05, 0) is 92.9 Å². The van der Waals surface area contributed by atoms with Gasteiger partial charge < -0.3 is 5.32 Å². The van der Waals surface area contributed by atoms with E-state index in [0.717, 1.165) is 29.7 Å². The van der Waals surface area contributed by atoms with E-state index in [0.29, 0.717) is 10.8 Å². The monoisotopic (exact) mass is 289 g/mol. The van der Waals surface area contributed by atoms with Crippen LogP contribution in [0.25, 0.3) is 0 Å². The average molecular weight is 290 g/mol. The molecule has 0 aromatic carbocycles. The molecule has 0 radical (unpaired) electrons. The third kappa shape index (κ3) is 2.38. The van der Waals surface area contributed by atoms with E-state index in [1.165, 1.54) is 32.1 Å². The normalized spacial score (nSPS) is 53.9.